The van der Waals surface area contributed by atoms with Gasteiger partial charge in [0.2, 0.25) is 0 Å². The van der Waals surface area contributed by atoms with Gasteiger partial charge in [-0.05, 0) is 61.2 Å². The highest BCUT2D eigenvalue weighted by Crippen LogP contribution is 2.49. The Hall–Kier alpha value is 0. The first kappa shape index (κ1) is 19.0. The number of hydrogen-bond acceptors (Lipinski definition) is 0. The quantitative estimate of drug-likeness (QED) is 0.353. The lowest BCUT2D eigenvalue weighted by molar-refractivity contribution is 0.143. The lowest BCUT2D eigenvalue weighted by Gasteiger charge is -2.35. The third kappa shape index (κ3) is 7.20. The Balaban J connectivity index is 2.72. The standard InChI is InChI=1S/C21H42/c1-7-9-10-20(15-17(5)6)21(19-13-14-19)18(8-2)12-11-16(3)4/h16-21H,7-15H2,1-6H3. The third-order valence-corrected chi connectivity index (χ3v) is 5.60. The van der Waals surface area contributed by atoms with E-state index in [-0.39, 0.29) is 0 Å². The Bertz CT molecular complexity index is 249. The molecule has 0 heterocycles. The SMILES string of the molecule is CCCCC(CC(C)C)C(C(CC)CCC(C)C)C1CC1. The van der Waals surface area contributed by atoms with Crippen molar-refractivity contribution in [3.8, 4) is 0 Å². The van der Waals surface area contributed by atoms with Gasteiger partial charge in [-0.2, -0.15) is 0 Å². The van der Waals surface area contributed by atoms with Crippen molar-refractivity contribution in [3.05, 3.63) is 0 Å². The van der Waals surface area contributed by atoms with Crippen LogP contribution in [-0.2, 0) is 0 Å². The van der Waals surface area contributed by atoms with Crippen molar-refractivity contribution in [1.82, 2.24) is 0 Å². The minimum Gasteiger partial charge on any atom is -0.0654 e. The van der Waals surface area contributed by atoms with Crippen LogP contribution >= 0.6 is 0 Å². The Kier molecular flexibility index (Phi) is 8.98. The highest BCUT2D eigenvalue weighted by Gasteiger charge is 2.40. The van der Waals surface area contributed by atoms with Gasteiger partial charge in [0.05, 0.1) is 0 Å². The summed E-state index contributed by atoms with van der Waals surface area (Å²) >= 11 is 0. The minimum atomic E-state index is 0.871. The van der Waals surface area contributed by atoms with Gasteiger partial charge >= 0.3 is 0 Å². The van der Waals surface area contributed by atoms with Crippen molar-refractivity contribution in [2.45, 2.75) is 99.3 Å². The van der Waals surface area contributed by atoms with Crippen molar-refractivity contribution in [2.24, 2.45) is 35.5 Å². The van der Waals surface area contributed by atoms with E-state index in [2.05, 4.69) is 41.5 Å². The first-order chi connectivity index (χ1) is 9.99. The van der Waals surface area contributed by atoms with Gasteiger partial charge in [-0.1, -0.05) is 73.6 Å². The van der Waals surface area contributed by atoms with E-state index in [1.807, 2.05) is 0 Å². The van der Waals surface area contributed by atoms with Crippen LogP contribution in [0.3, 0.4) is 0 Å². The van der Waals surface area contributed by atoms with E-state index >= 15 is 0 Å². The molecular weight excluding hydrogens is 252 g/mol. The van der Waals surface area contributed by atoms with Crippen LogP contribution in [0.15, 0.2) is 0 Å². The molecule has 0 bridgehead atoms. The normalized spacial score (nSPS) is 20.0. The fourth-order valence-electron chi connectivity index (χ4n) is 4.39. The van der Waals surface area contributed by atoms with E-state index in [4.69, 9.17) is 0 Å². The summed E-state index contributed by atoms with van der Waals surface area (Å²) in [5.41, 5.74) is 0. The van der Waals surface area contributed by atoms with Crippen molar-refractivity contribution in [2.75, 3.05) is 0 Å². The fourth-order valence-corrected chi connectivity index (χ4v) is 4.39. The average molecular weight is 295 g/mol. The monoisotopic (exact) mass is 294 g/mol. The molecule has 0 radical (unpaired) electrons. The highest BCUT2D eigenvalue weighted by atomic mass is 14.4. The molecule has 21 heavy (non-hydrogen) atoms. The van der Waals surface area contributed by atoms with Crippen molar-refractivity contribution >= 4 is 0 Å². The van der Waals surface area contributed by atoms with E-state index in [9.17, 15) is 0 Å². The second-order valence-electron chi connectivity index (χ2n) is 8.59. The zero-order valence-electron chi connectivity index (χ0n) is 15.8. The molecule has 3 unspecified atom stereocenters. The van der Waals surface area contributed by atoms with Gasteiger partial charge in [0.15, 0.2) is 0 Å². The summed E-state index contributed by atoms with van der Waals surface area (Å²) in [4.78, 5) is 0. The van der Waals surface area contributed by atoms with Gasteiger partial charge in [-0.25, -0.2) is 0 Å². The summed E-state index contributed by atoms with van der Waals surface area (Å²) in [7, 11) is 0. The van der Waals surface area contributed by atoms with Crippen molar-refractivity contribution < 1.29 is 0 Å². The van der Waals surface area contributed by atoms with E-state index in [1.165, 1.54) is 57.8 Å². The highest BCUT2D eigenvalue weighted by molar-refractivity contribution is 4.90. The van der Waals surface area contributed by atoms with Crippen molar-refractivity contribution in [3.63, 3.8) is 0 Å². The Labute approximate surface area is 135 Å². The van der Waals surface area contributed by atoms with E-state index in [0.29, 0.717) is 0 Å². The molecule has 0 spiro atoms. The molecule has 0 aromatic carbocycles. The maximum atomic E-state index is 2.45. The molecule has 1 aliphatic carbocycles. The lowest BCUT2D eigenvalue weighted by Crippen LogP contribution is -2.27. The second kappa shape index (κ2) is 9.90. The van der Waals surface area contributed by atoms with Gasteiger partial charge in [0.25, 0.3) is 0 Å². The Morgan fingerprint density at radius 2 is 1.48 bits per heavy atom. The smallest absolute Gasteiger partial charge is 0.0329 e. The molecular formula is C21H42. The van der Waals surface area contributed by atoms with Crippen LogP contribution in [0.1, 0.15) is 99.3 Å². The molecule has 1 aliphatic rings. The molecule has 0 nitrogen and oxygen atoms in total. The summed E-state index contributed by atoms with van der Waals surface area (Å²) in [6.07, 6.45) is 13.2. The summed E-state index contributed by atoms with van der Waals surface area (Å²) < 4.78 is 0. The van der Waals surface area contributed by atoms with Gasteiger partial charge in [0.1, 0.15) is 0 Å². The summed E-state index contributed by atoms with van der Waals surface area (Å²) in [6, 6.07) is 0. The fraction of sp³-hybridized carbons (Fsp3) is 1.00. The molecule has 3 atom stereocenters. The predicted octanol–water partition coefficient (Wildman–Crippen LogP) is 7.33. The molecule has 0 heteroatoms. The van der Waals surface area contributed by atoms with Crippen LogP contribution in [0.5, 0.6) is 0 Å². The molecule has 1 fully saturated rings. The van der Waals surface area contributed by atoms with Crippen LogP contribution in [0, 0.1) is 35.5 Å². The molecule has 0 saturated heterocycles. The molecule has 0 aliphatic heterocycles. The van der Waals surface area contributed by atoms with Crippen LogP contribution in [0.4, 0.5) is 0 Å². The van der Waals surface area contributed by atoms with E-state index < -0.39 is 0 Å². The van der Waals surface area contributed by atoms with Crippen molar-refractivity contribution in [1.29, 1.82) is 0 Å². The summed E-state index contributed by atoms with van der Waals surface area (Å²) in [5, 5.41) is 0. The Morgan fingerprint density at radius 3 is 1.90 bits per heavy atom. The van der Waals surface area contributed by atoms with Gasteiger partial charge in [0, 0.05) is 0 Å². The van der Waals surface area contributed by atoms with E-state index in [0.717, 1.165) is 35.5 Å². The first-order valence-electron chi connectivity index (χ1n) is 9.99. The molecule has 0 N–H and O–H groups in total. The largest absolute Gasteiger partial charge is 0.0654 e. The summed E-state index contributed by atoms with van der Waals surface area (Å²) in [5.74, 6) is 5.88. The van der Waals surface area contributed by atoms with Gasteiger partial charge < -0.3 is 0 Å². The minimum absolute atomic E-state index is 0.871. The lowest BCUT2D eigenvalue weighted by atomic mass is 9.70. The third-order valence-electron chi connectivity index (χ3n) is 5.60. The molecule has 0 aromatic heterocycles. The summed E-state index contributed by atoms with van der Waals surface area (Å²) in [6.45, 7) is 14.4. The van der Waals surface area contributed by atoms with Gasteiger partial charge in [-0.3, -0.25) is 0 Å². The van der Waals surface area contributed by atoms with E-state index in [1.54, 1.807) is 0 Å². The topological polar surface area (TPSA) is 0 Å². The number of hydrogen-bond donors (Lipinski definition) is 0. The zero-order valence-corrected chi connectivity index (χ0v) is 15.8. The van der Waals surface area contributed by atoms with Crippen LogP contribution < -0.4 is 0 Å². The first-order valence-corrected chi connectivity index (χ1v) is 9.99. The molecule has 0 aromatic rings. The molecule has 0 amide bonds. The maximum Gasteiger partial charge on any atom is -0.0329 e. The molecule has 1 saturated carbocycles. The molecule has 1 rings (SSSR count). The number of rotatable bonds is 12. The Morgan fingerprint density at radius 1 is 0.810 bits per heavy atom. The van der Waals surface area contributed by atoms with Crippen LogP contribution in [-0.4, -0.2) is 0 Å². The van der Waals surface area contributed by atoms with Crippen LogP contribution in [0.25, 0.3) is 0 Å². The predicted molar refractivity (Wildman–Crippen MR) is 96.5 cm³/mol. The number of unbranched alkanes of at least 4 members (excludes halogenated alkanes) is 1. The van der Waals surface area contributed by atoms with Crippen LogP contribution in [0.2, 0.25) is 0 Å². The van der Waals surface area contributed by atoms with Gasteiger partial charge in [-0.15, -0.1) is 0 Å². The average Bonchev–Trinajstić information content (AvgIpc) is 3.23. The maximum absolute atomic E-state index is 2.45. The zero-order chi connectivity index (χ0) is 15.8. The molecule has 126 valence electrons. The second-order valence-corrected chi connectivity index (χ2v) is 8.59.